The average molecular weight is 554 g/mol. The van der Waals surface area contributed by atoms with E-state index < -0.39 is 15.8 Å². The third kappa shape index (κ3) is 7.87. The minimum atomic E-state index is -3.67. The van der Waals surface area contributed by atoms with Crippen LogP contribution < -0.4 is 10.0 Å². The Kier molecular flexibility index (Phi) is 10.1. The Balaban J connectivity index is 0.000000229. The van der Waals surface area contributed by atoms with Crippen molar-refractivity contribution in [1.82, 2.24) is 15.0 Å². The van der Waals surface area contributed by atoms with Crippen LogP contribution in [0.2, 0.25) is 0 Å². The standard InChI is InChI=1S/C23H30N2O.C8H10FNO2S/c26-20-9-10-21-19(14-20)8-11-23(25-16-17-5-2-1-3-6-17)22(21)13-18-7-4-12-24-15-18;1-6-3-4-8(7(9)5-6)13(11,12)10-2/h4,7,9-10,12,14-15,17,22-23,25-26H,1-3,5-6,8,11,13,16H2;3-5,10H,1-2H3. The number of halogens is 1. The number of hydrogen-bond donors (Lipinski definition) is 3. The summed E-state index contributed by atoms with van der Waals surface area (Å²) in [5.41, 5.74) is 4.70. The normalized spacial score (nSPS) is 19.6. The molecule has 1 saturated carbocycles. The second kappa shape index (κ2) is 13.5. The third-order valence-corrected chi connectivity index (χ3v) is 9.40. The zero-order chi connectivity index (χ0) is 27.8. The summed E-state index contributed by atoms with van der Waals surface area (Å²) in [6, 6.07) is 14.6. The highest BCUT2D eigenvalue weighted by Gasteiger charge is 2.30. The maximum absolute atomic E-state index is 13.1. The molecule has 0 saturated heterocycles. The fourth-order valence-corrected chi connectivity index (χ4v) is 6.59. The molecule has 3 N–H and O–H groups in total. The van der Waals surface area contributed by atoms with Gasteiger partial charge in [-0.3, -0.25) is 4.98 Å². The molecule has 1 fully saturated rings. The lowest BCUT2D eigenvalue weighted by Gasteiger charge is -2.36. The topological polar surface area (TPSA) is 91.3 Å². The van der Waals surface area contributed by atoms with Crippen molar-refractivity contribution < 1.29 is 17.9 Å². The molecular weight excluding hydrogens is 513 g/mol. The molecular formula is C31H40FN3O3S. The molecule has 0 radical (unpaired) electrons. The quantitative estimate of drug-likeness (QED) is 0.352. The van der Waals surface area contributed by atoms with Crippen molar-refractivity contribution in [2.75, 3.05) is 13.6 Å². The van der Waals surface area contributed by atoms with Gasteiger partial charge in [0.25, 0.3) is 0 Å². The Morgan fingerprint density at radius 1 is 1.05 bits per heavy atom. The molecule has 2 aliphatic carbocycles. The molecule has 3 aromatic rings. The summed E-state index contributed by atoms with van der Waals surface area (Å²) in [6.45, 7) is 2.85. The molecule has 2 unspecified atom stereocenters. The number of nitrogens with zero attached hydrogens (tertiary/aromatic N) is 1. The lowest BCUT2D eigenvalue weighted by Crippen LogP contribution is -2.41. The van der Waals surface area contributed by atoms with Crippen molar-refractivity contribution in [3.8, 4) is 5.75 Å². The number of phenols is 1. The fourth-order valence-electron chi connectivity index (χ4n) is 5.81. The summed E-state index contributed by atoms with van der Waals surface area (Å²) in [5, 5.41) is 13.8. The molecule has 39 heavy (non-hydrogen) atoms. The van der Waals surface area contributed by atoms with E-state index in [4.69, 9.17) is 0 Å². The molecule has 1 aromatic heterocycles. The van der Waals surface area contributed by atoms with Gasteiger partial charge in [-0.1, -0.05) is 37.5 Å². The molecule has 210 valence electrons. The number of aryl methyl sites for hydroxylation is 2. The average Bonchev–Trinajstić information content (AvgIpc) is 2.94. The number of hydrogen-bond acceptors (Lipinski definition) is 5. The van der Waals surface area contributed by atoms with Crippen molar-refractivity contribution in [3.05, 3.63) is 89.0 Å². The monoisotopic (exact) mass is 553 g/mol. The van der Waals surface area contributed by atoms with Gasteiger partial charge in [0.2, 0.25) is 10.0 Å². The van der Waals surface area contributed by atoms with Gasteiger partial charge in [0.15, 0.2) is 0 Å². The van der Waals surface area contributed by atoms with Crippen LogP contribution in [0.4, 0.5) is 4.39 Å². The van der Waals surface area contributed by atoms with Crippen molar-refractivity contribution in [1.29, 1.82) is 0 Å². The highest BCUT2D eigenvalue weighted by molar-refractivity contribution is 7.89. The second-order valence-electron chi connectivity index (χ2n) is 10.8. The molecule has 0 aliphatic heterocycles. The summed E-state index contributed by atoms with van der Waals surface area (Å²) in [5.74, 6) is 0.961. The molecule has 1 heterocycles. The van der Waals surface area contributed by atoms with Crippen LogP contribution in [0.15, 0.2) is 65.8 Å². The first kappa shape index (κ1) is 29.2. The Morgan fingerprint density at radius 3 is 2.54 bits per heavy atom. The Morgan fingerprint density at radius 2 is 1.85 bits per heavy atom. The number of aromatic hydroxyl groups is 1. The van der Waals surface area contributed by atoms with Gasteiger partial charge in [-0.2, -0.15) is 0 Å². The van der Waals surface area contributed by atoms with Crippen LogP contribution in [0, 0.1) is 18.7 Å². The zero-order valence-corrected chi connectivity index (χ0v) is 23.7. The molecule has 0 amide bonds. The van der Waals surface area contributed by atoms with E-state index in [1.165, 1.54) is 68.0 Å². The zero-order valence-electron chi connectivity index (χ0n) is 22.9. The van der Waals surface area contributed by atoms with Crippen LogP contribution in [0.1, 0.15) is 66.7 Å². The van der Waals surface area contributed by atoms with Gasteiger partial charge in [0, 0.05) is 24.4 Å². The lowest BCUT2D eigenvalue weighted by molar-refractivity contribution is 0.301. The van der Waals surface area contributed by atoms with Crippen LogP contribution in [0.5, 0.6) is 5.75 Å². The second-order valence-corrected chi connectivity index (χ2v) is 12.6. The maximum Gasteiger partial charge on any atom is 0.243 e. The van der Waals surface area contributed by atoms with Gasteiger partial charge < -0.3 is 10.4 Å². The smallest absolute Gasteiger partial charge is 0.243 e. The van der Waals surface area contributed by atoms with E-state index in [1.54, 1.807) is 13.0 Å². The Hall–Kier alpha value is -2.81. The van der Waals surface area contributed by atoms with Crippen LogP contribution >= 0.6 is 0 Å². The van der Waals surface area contributed by atoms with Gasteiger partial charge in [0.05, 0.1) is 0 Å². The molecule has 2 aromatic carbocycles. The van der Waals surface area contributed by atoms with E-state index in [9.17, 15) is 17.9 Å². The SMILES string of the molecule is CNS(=O)(=O)c1ccc(C)cc1F.Oc1ccc2c(c1)CCC(NCC1CCCCC1)C2Cc1cccnc1. The molecule has 5 rings (SSSR count). The first-order valence-corrected chi connectivity index (χ1v) is 15.4. The van der Waals surface area contributed by atoms with Gasteiger partial charge >= 0.3 is 0 Å². The summed E-state index contributed by atoms with van der Waals surface area (Å²) in [6.07, 6.45) is 14.0. The Labute approximate surface area is 232 Å². The number of benzene rings is 2. The molecule has 2 atom stereocenters. The van der Waals surface area contributed by atoms with E-state index in [-0.39, 0.29) is 4.90 Å². The number of pyridine rings is 1. The highest BCUT2D eigenvalue weighted by Crippen LogP contribution is 2.36. The van der Waals surface area contributed by atoms with E-state index in [0.717, 1.165) is 31.7 Å². The lowest BCUT2D eigenvalue weighted by atomic mass is 9.76. The van der Waals surface area contributed by atoms with Crippen LogP contribution in [-0.2, 0) is 22.9 Å². The van der Waals surface area contributed by atoms with Crippen molar-refractivity contribution in [3.63, 3.8) is 0 Å². The number of fused-ring (bicyclic) bond motifs is 1. The minimum Gasteiger partial charge on any atom is -0.508 e. The number of sulfonamides is 1. The number of phenolic OH excluding ortho intramolecular Hbond substituents is 1. The summed E-state index contributed by atoms with van der Waals surface area (Å²) >= 11 is 0. The van der Waals surface area contributed by atoms with Crippen LogP contribution in [0.3, 0.4) is 0 Å². The van der Waals surface area contributed by atoms with Crippen molar-refractivity contribution in [2.24, 2.45) is 5.92 Å². The number of nitrogens with one attached hydrogen (secondary N) is 2. The van der Waals surface area contributed by atoms with Crippen molar-refractivity contribution in [2.45, 2.75) is 75.1 Å². The summed E-state index contributed by atoms with van der Waals surface area (Å²) in [7, 11) is -2.43. The predicted octanol–water partition coefficient (Wildman–Crippen LogP) is 5.64. The van der Waals surface area contributed by atoms with Crippen molar-refractivity contribution >= 4 is 10.0 Å². The predicted molar refractivity (Wildman–Crippen MR) is 153 cm³/mol. The Bertz CT molecular complexity index is 1330. The molecule has 8 heteroatoms. The number of aromatic nitrogens is 1. The van der Waals surface area contributed by atoms with Crippen LogP contribution in [0.25, 0.3) is 0 Å². The minimum absolute atomic E-state index is 0.319. The first-order valence-electron chi connectivity index (χ1n) is 13.9. The van der Waals surface area contributed by atoms with E-state index in [1.807, 2.05) is 30.6 Å². The first-order chi connectivity index (χ1) is 18.8. The van der Waals surface area contributed by atoms with Gasteiger partial charge in [-0.25, -0.2) is 17.5 Å². The highest BCUT2D eigenvalue weighted by atomic mass is 32.2. The molecule has 0 bridgehead atoms. The molecule has 0 spiro atoms. The van der Waals surface area contributed by atoms with E-state index in [2.05, 4.69) is 27.2 Å². The van der Waals surface area contributed by atoms with E-state index in [0.29, 0.717) is 23.3 Å². The van der Waals surface area contributed by atoms with Gasteiger partial charge in [-0.15, -0.1) is 0 Å². The van der Waals surface area contributed by atoms with Crippen LogP contribution in [-0.4, -0.2) is 38.1 Å². The van der Waals surface area contributed by atoms with Gasteiger partial charge in [0.1, 0.15) is 16.5 Å². The summed E-state index contributed by atoms with van der Waals surface area (Å²) in [4.78, 5) is 3.99. The third-order valence-electron chi connectivity index (χ3n) is 7.95. The molecule has 2 aliphatic rings. The number of rotatable bonds is 7. The fraction of sp³-hybridized carbons (Fsp3) is 0.452. The van der Waals surface area contributed by atoms with E-state index >= 15 is 0 Å². The summed E-state index contributed by atoms with van der Waals surface area (Å²) < 4.78 is 37.5. The maximum atomic E-state index is 13.1. The molecule has 6 nitrogen and oxygen atoms in total. The van der Waals surface area contributed by atoms with Gasteiger partial charge in [-0.05, 0) is 111 Å². The largest absolute Gasteiger partial charge is 0.508 e.